The van der Waals surface area contributed by atoms with Crippen LogP contribution in [0.5, 0.6) is 11.5 Å². The van der Waals surface area contributed by atoms with E-state index in [4.69, 9.17) is 32.7 Å². The van der Waals surface area contributed by atoms with Crippen LogP contribution in [-0.4, -0.2) is 18.0 Å². The third kappa shape index (κ3) is 5.75. The molecule has 0 radical (unpaired) electrons. The summed E-state index contributed by atoms with van der Waals surface area (Å²) in [7, 11) is 0. The highest BCUT2D eigenvalue weighted by Gasteiger charge is 2.18. The molecule has 5 nitrogen and oxygen atoms in total. The largest absolute Gasteiger partial charge is 0.479 e. The maximum absolute atomic E-state index is 12.3. The van der Waals surface area contributed by atoms with Gasteiger partial charge in [0.15, 0.2) is 6.10 Å². The Balaban J connectivity index is 1.57. The van der Waals surface area contributed by atoms with Gasteiger partial charge in [-0.15, -0.1) is 0 Å². The van der Waals surface area contributed by atoms with Gasteiger partial charge in [-0.3, -0.25) is 4.79 Å². The van der Waals surface area contributed by atoms with Crippen molar-refractivity contribution >= 4 is 40.8 Å². The SMILES string of the molecule is Cc1cc(OC(C)C(=O)Oc2ccc(C(=O)Nc3ccc(Cl)cc3)cc2)ccc1Cl. The van der Waals surface area contributed by atoms with Gasteiger partial charge < -0.3 is 14.8 Å². The molecule has 0 aliphatic rings. The standard InChI is InChI=1S/C23H19Cl2NO4/c1-14-13-20(11-12-21(14)25)29-15(2)23(28)30-19-9-3-16(4-10-19)22(27)26-18-7-5-17(24)6-8-18/h3-13,15H,1-2H3,(H,26,27). The number of ether oxygens (including phenoxy) is 2. The molecule has 30 heavy (non-hydrogen) atoms. The molecule has 1 amide bonds. The number of hydrogen-bond donors (Lipinski definition) is 1. The van der Waals surface area contributed by atoms with Crippen LogP contribution in [0.1, 0.15) is 22.8 Å². The molecule has 0 heterocycles. The molecule has 7 heteroatoms. The van der Waals surface area contributed by atoms with Gasteiger partial charge in [-0.25, -0.2) is 4.79 Å². The Morgan fingerprint density at radius 2 is 1.53 bits per heavy atom. The number of nitrogens with one attached hydrogen (secondary N) is 1. The second-order valence-corrected chi connectivity index (χ2v) is 7.42. The number of amides is 1. The molecule has 0 saturated heterocycles. The van der Waals surface area contributed by atoms with Gasteiger partial charge in [0.05, 0.1) is 0 Å². The van der Waals surface area contributed by atoms with E-state index < -0.39 is 12.1 Å². The van der Waals surface area contributed by atoms with Crippen molar-refractivity contribution in [3.05, 3.63) is 87.9 Å². The highest BCUT2D eigenvalue weighted by atomic mass is 35.5. The number of benzene rings is 3. The number of esters is 1. The number of hydrogen-bond acceptors (Lipinski definition) is 4. The highest BCUT2D eigenvalue weighted by Crippen LogP contribution is 2.22. The number of rotatable bonds is 6. The molecule has 0 spiro atoms. The smallest absolute Gasteiger partial charge is 0.352 e. The van der Waals surface area contributed by atoms with Crippen LogP contribution in [0.3, 0.4) is 0 Å². The van der Waals surface area contributed by atoms with Gasteiger partial charge in [0.1, 0.15) is 11.5 Å². The zero-order chi connectivity index (χ0) is 21.7. The Hall–Kier alpha value is -3.02. The first-order valence-electron chi connectivity index (χ1n) is 9.13. The number of carbonyl (C=O) groups is 2. The van der Waals surface area contributed by atoms with Crippen LogP contribution >= 0.6 is 23.2 Å². The van der Waals surface area contributed by atoms with E-state index in [0.29, 0.717) is 32.8 Å². The van der Waals surface area contributed by atoms with Crippen LogP contribution in [0, 0.1) is 6.92 Å². The van der Waals surface area contributed by atoms with Crippen molar-refractivity contribution in [1.29, 1.82) is 0 Å². The van der Waals surface area contributed by atoms with Crippen molar-refractivity contribution in [3.63, 3.8) is 0 Å². The molecule has 1 atom stereocenters. The molecule has 3 rings (SSSR count). The van der Waals surface area contributed by atoms with Crippen LogP contribution in [0.2, 0.25) is 10.0 Å². The van der Waals surface area contributed by atoms with E-state index in [1.807, 2.05) is 6.92 Å². The van der Waals surface area contributed by atoms with Crippen LogP contribution in [0.25, 0.3) is 0 Å². The third-order valence-corrected chi connectivity index (χ3v) is 4.89. The van der Waals surface area contributed by atoms with E-state index in [1.54, 1.807) is 73.7 Å². The number of aryl methyl sites for hydroxylation is 1. The molecule has 3 aromatic rings. The lowest BCUT2D eigenvalue weighted by molar-refractivity contribution is -0.141. The minimum atomic E-state index is -0.821. The molecule has 0 saturated carbocycles. The fourth-order valence-electron chi connectivity index (χ4n) is 2.55. The molecule has 0 bridgehead atoms. The van der Waals surface area contributed by atoms with Crippen LogP contribution in [0.15, 0.2) is 66.7 Å². The van der Waals surface area contributed by atoms with E-state index in [-0.39, 0.29) is 5.91 Å². The zero-order valence-corrected chi connectivity index (χ0v) is 17.8. The molecule has 0 aliphatic heterocycles. The van der Waals surface area contributed by atoms with E-state index in [0.717, 1.165) is 5.56 Å². The Labute approximate surface area is 184 Å². The molecular weight excluding hydrogens is 425 g/mol. The number of carbonyl (C=O) groups excluding carboxylic acids is 2. The summed E-state index contributed by atoms with van der Waals surface area (Å²) in [5, 5.41) is 3.97. The molecule has 0 fully saturated rings. The van der Waals surface area contributed by atoms with Gasteiger partial charge in [0.25, 0.3) is 5.91 Å². The minimum absolute atomic E-state index is 0.287. The van der Waals surface area contributed by atoms with Crippen molar-refractivity contribution < 1.29 is 19.1 Å². The minimum Gasteiger partial charge on any atom is -0.479 e. The fourth-order valence-corrected chi connectivity index (χ4v) is 2.80. The van der Waals surface area contributed by atoms with Crippen molar-refractivity contribution in [3.8, 4) is 11.5 Å². The second kappa shape index (κ2) is 9.65. The first-order chi connectivity index (χ1) is 14.3. The predicted molar refractivity (Wildman–Crippen MR) is 118 cm³/mol. The molecule has 0 aromatic heterocycles. The summed E-state index contributed by atoms with van der Waals surface area (Å²) >= 11 is 11.8. The Bertz CT molecular complexity index is 1050. The third-order valence-electron chi connectivity index (χ3n) is 4.21. The van der Waals surface area contributed by atoms with Crippen molar-refractivity contribution in [2.24, 2.45) is 0 Å². The van der Waals surface area contributed by atoms with Crippen LogP contribution < -0.4 is 14.8 Å². The van der Waals surface area contributed by atoms with Crippen molar-refractivity contribution in [1.82, 2.24) is 0 Å². The van der Waals surface area contributed by atoms with Gasteiger partial charge in [-0.1, -0.05) is 23.2 Å². The first kappa shape index (κ1) is 21.7. The number of halogens is 2. The summed E-state index contributed by atoms with van der Waals surface area (Å²) < 4.78 is 10.9. The Morgan fingerprint density at radius 1 is 0.900 bits per heavy atom. The van der Waals surface area contributed by atoms with Gasteiger partial charge in [0, 0.05) is 21.3 Å². The quantitative estimate of drug-likeness (QED) is 0.378. The Kier molecular flexibility index (Phi) is 6.98. The zero-order valence-electron chi connectivity index (χ0n) is 16.3. The van der Waals surface area contributed by atoms with Gasteiger partial charge in [-0.05, 0) is 86.1 Å². The summed E-state index contributed by atoms with van der Waals surface area (Å²) in [5.41, 5.74) is 1.90. The summed E-state index contributed by atoms with van der Waals surface area (Å²) in [6.45, 7) is 3.45. The maximum atomic E-state index is 12.3. The summed E-state index contributed by atoms with van der Waals surface area (Å²) in [4.78, 5) is 24.6. The second-order valence-electron chi connectivity index (χ2n) is 6.58. The fraction of sp³-hybridized carbons (Fsp3) is 0.130. The molecule has 1 N–H and O–H groups in total. The predicted octanol–water partition coefficient (Wildman–Crippen LogP) is 5.93. The lowest BCUT2D eigenvalue weighted by Crippen LogP contribution is -2.28. The summed E-state index contributed by atoms with van der Waals surface area (Å²) in [6, 6.07) is 18.2. The van der Waals surface area contributed by atoms with E-state index in [2.05, 4.69) is 5.32 Å². The Morgan fingerprint density at radius 3 is 2.17 bits per heavy atom. The van der Waals surface area contributed by atoms with Gasteiger partial charge in [0.2, 0.25) is 0 Å². The average Bonchev–Trinajstić information content (AvgIpc) is 2.73. The molecule has 0 aliphatic carbocycles. The first-order valence-corrected chi connectivity index (χ1v) is 9.89. The van der Waals surface area contributed by atoms with Gasteiger partial charge in [-0.2, -0.15) is 0 Å². The van der Waals surface area contributed by atoms with Gasteiger partial charge >= 0.3 is 5.97 Å². The lowest BCUT2D eigenvalue weighted by atomic mass is 10.2. The van der Waals surface area contributed by atoms with Crippen molar-refractivity contribution in [2.75, 3.05) is 5.32 Å². The normalized spacial score (nSPS) is 11.5. The average molecular weight is 444 g/mol. The van der Waals surface area contributed by atoms with E-state index in [9.17, 15) is 9.59 Å². The lowest BCUT2D eigenvalue weighted by Gasteiger charge is -2.14. The molecule has 154 valence electrons. The maximum Gasteiger partial charge on any atom is 0.352 e. The molecule has 3 aromatic carbocycles. The highest BCUT2D eigenvalue weighted by molar-refractivity contribution is 6.31. The topological polar surface area (TPSA) is 64.6 Å². The monoisotopic (exact) mass is 443 g/mol. The summed E-state index contributed by atoms with van der Waals surface area (Å²) in [5.74, 6) is -0.00711. The molecular formula is C23H19Cl2NO4. The number of anilines is 1. The van der Waals surface area contributed by atoms with Crippen LogP contribution in [0.4, 0.5) is 5.69 Å². The van der Waals surface area contributed by atoms with Crippen LogP contribution in [-0.2, 0) is 4.79 Å². The van der Waals surface area contributed by atoms with Crippen molar-refractivity contribution in [2.45, 2.75) is 20.0 Å². The summed E-state index contributed by atoms with van der Waals surface area (Å²) in [6.07, 6.45) is -0.821. The van der Waals surface area contributed by atoms with E-state index in [1.165, 1.54) is 0 Å². The molecule has 1 unspecified atom stereocenters. The van der Waals surface area contributed by atoms with E-state index >= 15 is 0 Å².